The topological polar surface area (TPSA) is 102 Å². The number of aryl methyl sites for hydroxylation is 1. The zero-order valence-electron chi connectivity index (χ0n) is 13.8. The molecule has 0 bridgehead atoms. The third-order valence-electron chi connectivity index (χ3n) is 3.40. The molecule has 0 radical (unpaired) electrons. The van der Waals surface area contributed by atoms with Crippen LogP contribution < -0.4 is 0 Å². The molecule has 0 aliphatic rings. The largest absolute Gasteiger partial charge is 0.389 e. The van der Waals surface area contributed by atoms with Crippen molar-refractivity contribution >= 4 is 11.6 Å². The summed E-state index contributed by atoms with van der Waals surface area (Å²) in [4.78, 5) is 24.8. The van der Waals surface area contributed by atoms with Crippen LogP contribution in [-0.4, -0.2) is 42.8 Å². The summed E-state index contributed by atoms with van der Waals surface area (Å²) in [6.07, 6.45) is 1.05. The molecule has 0 aliphatic heterocycles. The number of amides is 1. The summed E-state index contributed by atoms with van der Waals surface area (Å²) in [5.41, 5.74) is -0.742. The van der Waals surface area contributed by atoms with Gasteiger partial charge in [-0.05, 0) is 19.4 Å². The highest BCUT2D eigenvalue weighted by atomic mass is 16.6. The van der Waals surface area contributed by atoms with E-state index in [1.807, 2.05) is 30.3 Å². The van der Waals surface area contributed by atoms with Gasteiger partial charge in [0.05, 0.1) is 10.5 Å². The predicted octanol–water partition coefficient (Wildman–Crippen LogP) is 1.74. The second-order valence-electron chi connectivity index (χ2n) is 6.22. The summed E-state index contributed by atoms with van der Waals surface area (Å²) < 4.78 is 1.18. The summed E-state index contributed by atoms with van der Waals surface area (Å²) in [6, 6.07) is 9.24. The highest BCUT2D eigenvalue weighted by Gasteiger charge is 2.31. The molecule has 8 nitrogen and oxygen atoms in total. The molecule has 0 saturated heterocycles. The van der Waals surface area contributed by atoms with E-state index >= 15 is 0 Å². The Kier molecular flexibility index (Phi) is 4.99. The van der Waals surface area contributed by atoms with Crippen LogP contribution in [0.2, 0.25) is 0 Å². The van der Waals surface area contributed by atoms with Crippen LogP contribution in [0.5, 0.6) is 0 Å². The standard InChI is InChI=1S/C16H20N4O4/c1-16(2,22)11-19(10-12-7-5-4-6-8-12)15(21)14-13(20(23)24)9-17-18(14)3/h4-9,22H,10-11H2,1-3H3. The van der Waals surface area contributed by atoms with Crippen molar-refractivity contribution in [3.63, 3.8) is 0 Å². The lowest BCUT2D eigenvalue weighted by atomic mass is 10.1. The minimum Gasteiger partial charge on any atom is -0.389 e. The lowest BCUT2D eigenvalue weighted by Crippen LogP contribution is -2.42. The molecule has 24 heavy (non-hydrogen) atoms. The van der Waals surface area contributed by atoms with Gasteiger partial charge in [-0.15, -0.1) is 0 Å². The average molecular weight is 332 g/mol. The number of aliphatic hydroxyl groups is 1. The number of nitrogens with zero attached hydrogens (tertiary/aromatic N) is 4. The molecule has 0 fully saturated rings. The minimum atomic E-state index is -1.14. The van der Waals surface area contributed by atoms with Crippen LogP contribution >= 0.6 is 0 Å². The number of rotatable bonds is 6. The number of aromatic nitrogens is 2. The quantitative estimate of drug-likeness (QED) is 0.641. The van der Waals surface area contributed by atoms with E-state index < -0.39 is 16.4 Å². The maximum atomic E-state index is 12.9. The smallest absolute Gasteiger partial charge is 0.320 e. The Balaban J connectivity index is 2.38. The number of carbonyl (C=O) groups excluding carboxylic acids is 1. The number of nitro groups is 1. The van der Waals surface area contributed by atoms with Gasteiger partial charge in [0.1, 0.15) is 6.20 Å². The van der Waals surface area contributed by atoms with E-state index in [0.29, 0.717) is 0 Å². The fourth-order valence-electron chi connectivity index (χ4n) is 2.43. The number of benzene rings is 1. The first kappa shape index (κ1) is 17.6. The highest BCUT2D eigenvalue weighted by Crippen LogP contribution is 2.21. The van der Waals surface area contributed by atoms with Crippen molar-refractivity contribution in [3.05, 3.63) is 57.9 Å². The fraction of sp³-hybridized carbons (Fsp3) is 0.375. The van der Waals surface area contributed by atoms with Gasteiger partial charge in [-0.25, -0.2) is 0 Å². The summed E-state index contributed by atoms with van der Waals surface area (Å²) in [7, 11) is 1.48. The molecule has 0 unspecified atom stereocenters. The predicted molar refractivity (Wildman–Crippen MR) is 87.3 cm³/mol. The van der Waals surface area contributed by atoms with Gasteiger partial charge >= 0.3 is 5.69 Å². The van der Waals surface area contributed by atoms with E-state index in [1.165, 1.54) is 16.6 Å². The van der Waals surface area contributed by atoms with Gasteiger partial charge in [0, 0.05) is 20.1 Å². The molecule has 0 aliphatic carbocycles. The zero-order chi connectivity index (χ0) is 17.9. The summed E-state index contributed by atoms with van der Waals surface area (Å²) in [6.45, 7) is 3.42. The van der Waals surface area contributed by atoms with Crippen molar-refractivity contribution in [2.24, 2.45) is 7.05 Å². The molecule has 0 spiro atoms. The molecule has 2 rings (SSSR count). The second kappa shape index (κ2) is 6.79. The molecule has 1 amide bonds. The molecule has 0 atom stereocenters. The van der Waals surface area contributed by atoms with Gasteiger partial charge in [-0.3, -0.25) is 19.6 Å². The monoisotopic (exact) mass is 332 g/mol. The lowest BCUT2D eigenvalue weighted by molar-refractivity contribution is -0.385. The third-order valence-corrected chi connectivity index (χ3v) is 3.40. The van der Waals surface area contributed by atoms with Crippen molar-refractivity contribution in [3.8, 4) is 0 Å². The number of carbonyl (C=O) groups is 1. The van der Waals surface area contributed by atoms with Crippen LogP contribution in [0.25, 0.3) is 0 Å². The van der Waals surface area contributed by atoms with Gasteiger partial charge in [-0.2, -0.15) is 5.10 Å². The molecule has 1 N–H and O–H groups in total. The van der Waals surface area contributed by atoms with E-state index in [4.69, 9.17) is 0 Å². The molecule has 8 heteroatoms. The molecule has 128 valence electrons. The Morgan fingerprint density at radius 3 is 2.54 bits per heavy atom. The summed E-state index contributed by atoms with van der Waals surface area (Å²) >= 11 is 0. The van der Waals surface area contributed by atoms with Gasteiger partial charge in [0.15, 0.2) is 0 Å². The maximum absolute atomic E-state index is 12.9. The Hall–Kier alpha value is -2.74. The molecular weight excluding hydrogens is 312 g/mol. The molecule has 0 saturated carbocycles. The van der Waals surface area contributed by atoms with Crippen LogP contribution in [0.3, 0.4) is 0 Å². The van der Waals surface area contributed by atoms with Gasteiger partial charge in [0.25, 0.3) is 5.91 Å². The molecular formula is C16H20N4O4. The van der Waals surface area contributed by atoms with Crippen LogP contribution in [0.1, 0.15) is 29.9 Å². The van der Waals surface area contributed by atoms with E-state index in [-0.39, 0.29) is 24.5 Å². The Morgan fingerprint density at radius 1 is 1.38 bits per heavy atom. The fourth-order valence-corrected chi connectivity index (χ4v) is 2.43. The van der Waals surface area contributed by atoms with Gasteiger partial charge in [0.2, 0.25) is 5.69 Å². The number of hydrogen-bond donors (Lipinski definition) is 1. The molecule has 2 aromatic rings. The van der Waals surface area contributed by atoms with E-state index in [2.05, 4.69) is 5.10 Å². The van der Waals surface area contributed by atoms with E-state index in [0.717, 1.165) is 11.8 Å². The SMILES string of the molecule is Cn1ncc([N+](=O)[O-])c1C(=O)N(Cc1ccccc1)CC(C)(C)O. The molecule has 1 heterocycles. The lowest BCUT2D eigenvalue weighted by Gasteiger charge is -2.29. The first-order valence-corrected chi connectivity index (χ1v) is 7.41. The summed E-state index contributed by atoms with van der Waals surface area (Å²) in [5, 5.41) is 25.1. The van der Waals surface area contributed by atoms with Crippen LogP contribution in [0, 0.1) is 10.1 Å². The van der Waals surface area contributed by atoms with Gasteiger partial charge in [-0.1, -0.05) is 30.3 Å². The van der Waals surface area contributed by atoms with E-state index in [1.54, 1.807) is 13.8 Å². The highest BCUT2D eigenvalue weighted by molar-refractivity contribution is 5.96. The maximum Gasteiger partial charge on any atom is 0.320 e. The van der Waals surface area contributed by atoms with Crippen molar-refractivity contribution < 1.29 is 14.8 Å². The van der Waals surface area contributed by atoms with Crippen molar-refractivity contribution in [2.45, 2.75) is 26.0 Å². The van der Waals surface area contributed by atoms with Crippen LogP contribution in [0.4, 0.5) is 5.69 Å². The van der Waals surface area contributed by atoms with E-state index in [9.17, 15) is 20.0 Å². The first-order chi connectivity index (χ1) is 11.2. The normalized spacial score (nSPS) is 11.3. The molecule has 1 aromatic carbocycles. The first-order valence-electron chi connectivity index (χ1n) is 7.41. The van der Waals surface area contributed by atoms with Crippen molar-refractivity contribution in [1.29, 1.82) is 0 Å². The average Bonchev–Trinajstić information content (AvgIpc) is 2.87. The third kappa shape index (κ3) is 4.17. The van der Waals surface area contributed by atoms with Gasteiger partial charge < -0.3 is 10.0 Å². The Labute approximate surface area is 139 Å². The van der Waals surface area contributed by atoms with Crippen molar-refractivity contribution in [1.82, 2.24) is 14.7 Å². The zero-order valence-corrected chi connectivity index (χ0v) is 13.8. The summed E-state index contributed by atoms with van der Waals surface area (Å²) in [5.74, 6) is -0.548. The van der Waals surface area contributed by atoms with Crippen molar-refractivity contribution in [2.75, 3.05) is 6.54 Å². The van der Waals surface area contributed by atoms with Crippen LogP contribution in [-0.2, 0) is 13.6 Å². The Morgan fingerprint density at radius 2 is 2.00 bits per heavy atom. The molecule has 1 aromatic heterocycles. The van der Waals surface area contributed by atoms with Crippen LogP contribution in [0.15, 0.2) is 36.5 Å². The Bertz CT molecular complexity index is 734. The minimum absolute atomic E-state index is 0.0308. The second-order valence-corrected chi connectivity index (χ2v) is 6.22. The number of hydrogen-bond acceptors (Lipinski definition) is 5.